The minimum atomic E-state index is -0.539. The maximum atomic E-state index is 12.9. The molecule has 0 aromatic carbocycles. The summed E-state index contributed by atoms with van der Waals surface area (Å²) in [6.07, 6.45) is 6.41. The molecule has 2 fully saturated rings. The SMILES string of the molecule is CC(C)(C)OC(=O)C1C2C[C@H](C1C(=O)OC(C)(C)C)[C@H]1C=CCC21. The number of hydrogen-bond acceptors (Lipinski definition) is 4. The Balaban J connectivity index is 1.86. The van der Waals surface area contributed by atoms with Crippen LogP contribution in [0.2, 0.25) is 0 Å². The molecule has 0 radical (unpaired) electrons. The molecular formula is C20H30O4. The minimum Gasteiger partial charge on any atom is -0.460 e. The molecule has 3 aliphatic carbocycles. The van der Waals surface area contributed by atoms with Crippen molar-refractivity contribution in [2.24, 2.45) is 35.5 Å². The van der Waals surface area contributed by atoms with Crippen molar-refractivity contribution in [1.82, 2.24) is 0 Å². The molecule has 3 aliphatic rings. The Labute approximate surface area is 145 Å². The summed E-state index contributed by atoms with van der Waals surface area (Å²) in [6.45, 7) is 11.2. The quantitative estimate of drug-likeness (QED) is 0.570. The van der Waals surface area contributed by atoms with Crippen LogP contribution in [0.5, 0.6) is 0 Å². The first kappa shape index (κ1) is 17.5. The number of ether oxygens (including phenoxy) is 2. The van der Waals surface area contributed by atoms with Gasteiger partial charge >= 0.3 is 11.9 Å². The summed E-state index contributed by atoms with van der Waals surface area (Å²) in [5.74, 6) is 0.185. The first-order valence-electron chi connectivity index (χ1n) is 9.10. The van der Waals surface area contributed by atoms with Crippen LogP contribution < -0.4 is 0 Å². The fourth-order valence-corrected chi connectivity index (χ4v) is 4.97. The van der Waals surface area contributed by atoms with Gasteiger partial charge < -0.3 is 9.47 Å². The third-order valence-corrected chi connectivity index (χ3v) is 5.52. The van der Waals surface area contributed by atoms with Gasteiger partial charge in [-0.05, 0) is 78.1 Å². The molecule has 0 aromatic rings. The van der Waals surface area contributed by atoms with Gasteiger partial charge in [0, 0.05) is 0 Å². The average molecular weight is 334 g/mol. The average Bonchev–Trinajstić information content (AvgIpc) is 3.05. The van der Waals surface area contributed by atoms with E-state index in [0.717, 1.165) is 12.8 Å². The lowest BCUT2D eigenvalue weighted by atomic mass is 9.69. The highest BCUT2D eigenvalue weighted by Gasteiger charge is 2.63. The number of carbonyl (C=O) groups excluding carboxylic acids is 2. The van der Waals surface area contributed by atoms with Crippen molar-refractivity contribution in [1.29, 1.82) is 0 Å². The smallest absolute Gasteiger partial charge is 0.310 e. The number of rotatable bonds is 2. The molecule has 0 N–H and O–H groups in total. The molecule has 4 heteroatoms. The van der Waals surface area contributed by atoms with Gasteiger partial charge in [-0.15, -0.1) is 0 Å². The zero-order chi connectivity index (χ0) is 17.9. The van der Waals surface area contributed by atoms with Crippen LogP contribution in [0.1, 0.15) is 54.4 Å². The van der Waals surface area contributed by atoms with Gasteiger partial charge in [-0.2, -0.15) is 0 Å². The molecule has 134 valence electrons. The Morgan fingerprint density at radius 1 is 0.833 bits per heavy atom. The van der Waals surface area contributed by atoms with Crippen LogP contribution in [0, 0.1) is 35.5 Å². The Kier molecular flexibility index (Phi) is 4.09. The van der Waals surface area contributed by atoms with E-state index in [2.05, 4.69) is 12.2 Å². The molecule has 2 bridgehead atoms. The zero-order valence-corrected chi connectivity index (χ0v) is 15.7. The van der Waals surface area contributed by atoms with E-state index in [1.54, 1.807) is 0 Å². The van der Waals surface area contributed by atoms with Crippen molar-refractivity contribution >= 4 is 11.9 Å². The Bertz CT molecular complexity index is 563. The lowest BCUT2D eigenvalue weighted by molar-refractivity contribution is -0.177. The molecule has 4 unspecified atom stereocenters. The predicted octanol–water partition coefficient (Wildman–Crippen LogP) is 3.74. The molecule has 0 heterocycles. The van der Waals surface area contributed by atoms with Gasteiger partial charge in [0.25, 0.3) is 0 Å². The van der Waals surface area contributed by atoms with Gasteiger partial charge in [-0.25, -0.2) is 0 Å². The van der Waals surface area contributed by atoms with Crippen molar-refractivity contribution in [3.63, 3.8) is 0 Å². The number of fused-ring (bicyclic) bond motifs is 5. The van der Waals surface area contributed by atoms with Gasteiger partial charge in [0.15, 0.2) is 0 Å². The summed E-state index contributed by atoms with van der Waals surface area (Å²) in [7, 11) is 0. The maximum Gasteiger partial charge on any atom is 0.310 e. The topological polar surface area (TPSA) is 52.6 Å². The lowest BCUT2D eigenvalue weighted by Gasteiger charge is -2.37. The van der Waals surface area contributed by atoms with Crippen LogP contribution in [0.15, 0.2) is 12.2 Å². The standard InChI is InChI=1S/C20H30O4/c1-19(2,3)23-17(21)15-13-10-14(12-9-7-8-11(12)13)16(15)18(22)24-20(4,5)6/h7-8,11-16H,9-10H2,1-6H3/t11-,12?,13-,14?,15?,16?/m0/s1. The van der Waals surface area contributed by atoms with Crippen molar-refractivity contribution < 1.29 is 19.1 Å². The predicted molar refractivity (Wildman–Crippen MR) is 91.0 cm³/mol. The van der Waals surface area contributed by atoms with Crippen molar-refractivity contribution in [3.05, 3.63) is 12.2 Å². The van der Waals surface area contributed by atoms with Crippen molar-refractivity contribution in [3.8, 4) is 0 Å². The molecular weight excluding hydrogens is 304 g/mol. The third-order valence-electron chi connectivity index (χ3n) is 5.52. The van der Waals surface area contributed by atoms with E-state index in [1.165, 1.54) is 0 Å². The normalized spacial score (nSPS) is 37.4. The van der Waals surface area contributed by atoms with Gasteiger partial charge in [0.1, 0.15) is 11.2 Å². The van der Waals surface area contributed by atoms with E-state index in [9.17, 15) is 9.59 Å². The summed E-state index contributed by atoms with van der Waals surface area (Å²) >= 11 is 0. The number of esters is 2. The van der Waals surface area contributed by atoms with Gasteiger partial charge in [-0.1, -0.05) is 12.2 Å². The largest absolute Gasteiger partial charge is 0.460 e. The van der Waals surface area contributed by atoms with Crippen molar-refractivity contribution in [2.75, 3.05) is 0 Å². The Morgan fingerprint density at radius 3 is 1.83 bits per heavy atom. The summed E-state index contributed by atoms with van der Waals surface area (Å²) in [5, 5.41) is 0. The van der Waals surface area contributed by atoms with Crippen molar-refractivity contribution in [2.45, 2.75) is 65.6 Å². The Morgan fingerprint density at radius 2 is 1.33 bits per heavy atom. The fourth-order valence-electron chi connectivity index (χ4n) is 4.97. The number of carbonyl (C=O) groups is 2. The highest BCUT2D eigenvalue weighted by molar-refractivity contribution is 5.84. The van der Waals surface area contributed by atoms with E-state index in [4.69, 9.17) is 9.47 Å². The van der Waals surface area contributed by atoms with E-state index in [-0.39, 0.29) is 35.6 Å². The van der Waals surface area contributed by atoms with E-state index in [0.29, 0.717) is 11.8 Å². The van der Waals surface area contributed by atoms with Crippen LogP contribution in [-0.4, -0.2) is 23.1 Å². The lowest BCUT2D eigenvalue weighted by Crippen LogP contribution is -2.45. The maximum absolute atomic E-state index is 12.9. The monoisotopic (exact) mass is 334 g/mol. The first-order valence-corrected chi connectivity index (χ1v) is 9.10. The fraction of sp³-hybridized carbons (Fsp3) is 0.800. The summed E-state index contributed by atoms with van der Waals surface area (Å²) < 4.78 is 11.3. The molecule has 0 aliphatic heterocycles. The highest BCUT2D eigenvalue weighted by Crippen LogP contribution is 2.62. The molecule has 0 spiro atoms. The molecule has 0 amide bonds. The minimum absolute atomic E-state index is 0.214. The second kappa shape index (κ2) is 5.60. The zero-order valence-electron chi connectivity index (χ0n) is 15.7. The van der Waals surface area contributed by atoms with E-state index >= 15 is 0 Å². The second-order valence-electron chi connectivity index (χ2n) is 9.59. The molecule has 2 saturated carbocycles. The van der Waals surface area contributed by atoms with Crippen LogP contribution in [0.25, 0.3) is 0 Å². The van der Waals surface area contributed by atoms with Crippen LogP contribution in [0.4, 0.5) is 0 Å². The summed E-state index contributed by atoms with van der Waals surface area (Å²) in [4.78, 5) is 25.7. The van der Waals surface area contributed by atoms with Gasteiger partial charge in [-0.3, -0.25) is 9.59 Å². The number of allylic oxidation sites excluding steroid dienone is 2. The second-order valence-corrected chi connectivity index (χ2v) is 9.59. The van der Waals surface area contributed by atoms with Gasteiger partial charge in [0.2, 0.25) is 0 Å². The number of hydrogen-bond donors (Lipinski definition) is 0. The highest BCUT2D eigenvalue weighted by atomic mass is 16.6. The van der Waals surface area contributed by atoms with Crippen LogP contribution in [-0.2, 0) is 19.1 Å². The third kappa shape index (κ3) is 3.12. The molecule has 3 rings (SSSR count). The van der Waals surface area contributed by atoms with E-state index < -0.39 is 11.2 Å². The molecule has 0 aromatic heterocycles. The summed E-state index contributed by atoms with van der Waals surface area (Å²) in [6, 6.07) is 0. The molecule has 4 nitrogen and oxygen atoms in total. The molecule has 24 heavy (non-hydrogen) atoms. The van der Waals surface area contributed by atoms with E-state index in [1.807, 2.05) is 41.5 Å². The van der Waals surface area contributed by atoms with Gasteiger partial charge in [0.05, 0.1) is 11.8 Å². The summed E-state index contributed by atoms with van der Waals surface area (Å²) in [5.41, 5.74) is -1.08. The first-order chi connectivity index (χ1) is 11.0. The van der Waals surface area contributed by atoms with Crippen LogP contribution >= 0.6 is 0 Å². The Hall–Kier alpha value is -1.32. The molecule has 0 saturated heterocycles. The molecule has 6 atom stereocenters. The van der Waals surface area contributed by atoms with Crippen LogP contribution in [0.3, 0.4) is 0 Å².